The first-order valence-electron chi connectivity index (χ1n) is 3.67. The van der Waals surface area contributed by atoms with Crippen LogP contribution in [-0.2, 0) is 14.9 Å². The molecule has 0 aliphatic carbocycles. The van der Waals surface area contributed by atoms with Crippen LogP contribution in [0.3, 0.4) is 0 Å². The number of rotatable bonds is 6. The van der Waals surface area contributed by atoms with Crippen LogP contribution in [0.4, 0.5) is 0 Å². The second-order valence-electron chi connectivity index (χ2n) is 2.63. The zero-order chi connectivity index (χ0) is 10.5. The van der Waals surface area contributed by atoms with Gasteiger partial charge >= 0.3 is 57.4 Å². The summed E-state index contributed by atoms with van der Waals surface area (Å²) in [6.07, 6.45) is 0.746. The van der Waals surface area contributed by atoms with Gasteiger partial charge in [0.25, 0.3) is 0 Å². The summed E-state index contributed by atoms with van der Waals surface area (Å²) >= 11 is 0. The van der Waals surface area contributed by atoms with Crippen molar-refractivity contribution < 1.29 is 74.3 Å². The quantitative estimate of drug-likeness (QED) is 0.239. The number of aliphatic carboxylic acids is 1. The van der Waals surface area contributed by atoms with E-state index < -0.39 is 21.8 Å². The van der Waals surface area contributed by atoms with Crippen molar-refractivity contribution in [1.82, 2.24) is 0 Å². The van der Waals surface area contributed by atoms with Crippen molar-refractivity contribution in [2.75, 3.05) is 5.75 Å². The monoisotopic (exact) mass is 246 g/mol. The summed E-state index contributed by atoms with van der Waals surface area (Å²) in [4.78, 5) is 10.2. The number of carboxylic acids is 1. The average Bonchev–Trinajstić information content (AvgIpc) is 1.95. The zero-order valence-electron chi connectivity index (χ0n) is 8.02. The van der Waals surface area contributed by atoms with E-state index in [1.807, 2.05) is 0 Å². The van der Waals surface area contributed by atoms with Gasteiger partial charge in [-0.2, -0.15) is 0 Å². The third-order valence-electron chi connectivity index (χ3n) is 1.43. The molecule has 0 aromatic heterocycles. The van der Waals surface area contributed by atoms with Gasteiger partial charge in [-0.1, -0.05) is 6.58 Å². The minimum absolute atomic E-state index is 0. The molecule has 0 saturated carbocycles. The summed E-state index contributed by atoms with van der Waals surface area (Å²) in [6, 6.07) is 0. The van der Waals surface area contributed by atoms with E-state index in [1.165, 1.54) is 0 Å². The van der Waals surface area contributed by atoms with E-state index in [2.05, 4.69) is 6.58 Å². The molecule has 0 rings (SSSR count). The summed E-state index contributed by atoms with van der Waals surface area (Å²) in [6.45, 7) is 3.26. The van der Waals surface area contributed by atoms with E-state index in [0.29, 0.717) is 6.42 Å². The van der Waals surface area contributed by atoms with Crippen LogP contribution in [0.1, 0.15) is 19.3 Å². The molecule has 0 spiro atoms. The van der Waals surface area contributed by atoms with Crippen LogP contribution < -0.4 is 51.4 Å². The number of hydrogen-bond donors (Lipinski definition) is 1. The largest absolute Gasteiger partial charge is 1.00 e. The first-order chi connectivity index (χ1) is 5.83. The molecule has 0 aliphatic heterocycles. The Kier molecular flexibility index (Phi) is 9.77. The maximum atomic E-state index is 10.2. The van der Waals surface area contributed by atoms with Crippen molar-refractivity contribution >= 4 is 16.1 Å². The minimum Gasteiger partial charge on any atom is -0.748 e. The molecule has 0 radical (unpaired) electrons. The van der Waals surface area contributed by atoms with Crippen molar-refractivity contribution in [2.24, 2.45) is 0 Å². The van der Waals surface area contributed by atoms with Gasteiger partial charge in [-0.25, -0.2) is 13.2 Å². The molecule has 0 aromatic rings. The normalized spacial score (nSPS) is 10.4. The van der Waals surface area contributed by atoms with Gasteiger partial charge in [-0.3, -0.25) is 0 Å². The third kappa shape index (κ3) is 10.8. The maximum absolute atomic E-state index is 10.2. The van der Waals surface area contributed by atoms with Crippen molar-refractivity contribution in [3.05, 3.63) is 12.2 Å². The van der Waals surface area contributed by atoms with Crippen LogP contribution in [0.5, 0.6) is 0 Å². The smallest absolute Gasteiger partial charge is 0.748 e. The number of carboxylic acid groups (broad SMARTS) is 1. The fourth-order valence-corrected chi connectivity index (χ4v) is 1.28. The van der Waals surface area contributed by atoms with Gasteiger partial charge in [0.05, 0.1) is 10.1 Å². The molecular formula is C7H11KO5S. The second-order valence-corrected chi connectivity index (χ2v) is 4.15. The maximum Gasteiger partial charge on any atom is 1.00 e. The minimum atomic E-state index is -4.17. The summed E-state index contributed by atoms with van der Waals surface area (Å²) < 4.78 is 30.3. The van der Waals surface area contributed by atoms with Gasteiger partial charge < -0.3 is 9.66 Å². The van der Waals surface area contributed by atoms with Crippen LogP contribution in [0.2, 0.25) is 0 Å². The molecule has 5 nitrogen and oxygen atoms in total. The van der Waals surface area contributed by atoms with Crippen molar-refractivity contribution in [3.8, 4) is 0 Å². The Morgan fingerprint density at radius 3 is 2.21 bits per heavy atom. The van der Waals surface area contributed by atoms with Crippen LogP contribution in [0.25, 0.3) is 0 Å². The molecule has 0 fully saturated rings. The molecule has 76 valence electrons. The number of hydrogen-bond acceptors (Lipinski definition) is 4. The van der Waals surface area contributed by atoms with E-state index in [0.717, 1.165) is 0 Å². The summed E-state index contributed by atoms with van der Waals surface area (Å²) in [5, 5.41) is 8.36. The number of carbonyl (C=O) groups is 1. The zero-order valence-corrected chi connectivity index (χ0v) is 12.0. The molecular weight excluding hydrogens is 235 g/mol. The van der Waals surface area contributed by atoms with E-state index in [9.17, 15) is 17.8 Å². The van der Waals surface area contributed by atoms with Gasteiger partial charge in [0.1, 0.15) is 0 Å². The van der Waals surface area contributed by atoms with Gasteiger partial charge in [0, 0.05) is 11.3 Å². The average molecular weight is 246 g/mol. The molecule has 14 heavy (non-hydrogen) atoms. The van der Waals surface area contributed by atoms with Crippen LogP contribution in [0.15, 0.2) is 12.2 Å². The van der Waals surface area contributed by atoms with Gasteiger partial charge in [0.15, 0.2) is 0 Å². The summed E-state index contributed by atoms with van der Waals surface area (Å²) in [5.74, 6) is -1.54. The first kappa shape index (κ1) is 17.2. The molecule has 0 unspecified atom stereocenters. The summed E-state index contributed by atoms with van der Waals surface area (Å²) in [5.41, 5.74) is 0.0308. The first-order valence-corrected chi connectivity index (χ1v) is 5.25. The Hall–Kier alpha value is 0.756. The standard InChI is InChI=1S/C7H12O5S.K/c1-6(7(8)9)4-2-3-5-13(10,11)12;/h1-5H2,(H,8,9)(H,10,11,12);/q;+1/p-1. The topological polar surface area (TPSA) is 94.5 Å². The van der Waals surface area contributed by atoms with Crippen LogP contribution >= 0.6 is 0 Å². The fraction of sp³-hybridized carbons (Fsp3) is 0.571. The van der Waals surface area contributed by atoms with E-state index in [4.69, 9.17) is 5.11 Å². The predicted molar refractivity (Wildman–Crippen MR) is 45.2 cm³/mol. The Morgan fingerprint density at radius 1 is 1.36 bits per heavy atom. The Morgan fingerprint density at radius 2 is 1.86 bits per heavy atom. The van der Waals surface area contributed by atoms with Crippen molar-refractivity contribution in [3.63, 3.8) is 0 Å². The fourth-order valence-electron chi connectivity index (χ4n) is 0.724. The molecule has 0 bridgehead atoms. The Balaban J connectivity index is 0. The number of unbranched alkanes of at least 4 members (excludes halogenated alkanes) is 1. The van der Waals surface area contributed by atoms with E-state index >= 15 is 0 Å². The SMILES string of the molecule is C=C(CCCCS(=O)(=O)[O-])C(=O)O.[K+]. The van der Waals surface area contributed by atoms with Gasteiger partial charge in [0.2, 0.25) is 0 Å². The third-order valence-corrected chi connectivity index (χ3v) is 2.21. The van der Waals surface area contributed by atoms with E-state index in [-0.39, 0.29) is 69.8 Å². The molecule has 1 N–H and O–H groups in total. The van der Waals surface area contributed by atoms with Gasteiger partial charge in [-0.15, -0.1) is 0 Å². The Bertz CT molecular complexity index is 295. The molecule has 0 aromatic carbocycles. The molecule has 0 atom stereocenters. The molecule has 0 amide bonds. The van der Waals surface area contributed by atoms with Crippen molar-refractivity contribution in [2.45, 2.75) is 19.3 Å². The van der Waals surface area contributed by atoms with E-state index in [1.54, 1.807) is 0 Å². The summed E-state index contributed by atoms with van der Waals surface area (Å²) in [7, 11) is -4.17. The van der Waals surface area contributed by atoms with Gasteiger partial charge in [-0.05, 0) is 19.3 Å². The molecule has 0 aliphatic rings. The Labute approximate surface area is 126 Å². The second kappa shape index (κ2) is 7.97. The predicted octanol–water partition coefficient (Wildman–Crippen LogP) is -2.65. The van der Waals surface area contributed by atoms with Crippen LogP contribution in [-0.4, -0.2) is 29.8 Å². The van der Waals surface area contributed by atoms with Crippen LogP contribution in [0, 0.1) is 0 Å². The van der Waals surface area contributed by atoms with Crippen molar-refractivity contribution in [1.29, 1.82) is 0 Å². The molecule has 7 heteroatoms. The molecule has 0 saturated heterocycles. The molecule has 0 heterocycles.